The van der Waals surface area contributed by atoms with Crippen LogP contribution >= 0.6 is 0 Å². The summed E-state index contributed by atoms with van der Waals surface area (Å²) >= 11 is 0. The third-order valence-corrected chi connectivity index (χ3v) is 2.84. The fourth-order valence-electron chi connectivity index (χ4n) is 1.81. The zero-order chi connectivity index (χ0) is 11.0. The minimum absolute atomic E-state index is 0.0325. The lowest BCUT2D eigenvalue weighted by molar-refractivity contribution is 0.270. The van der Waals surface area contributed by atoms with Gasteiger partial charge in [0.05, 0.1) is 5.52 Å². The number of aromatic nitrogens is 1. The Morgan fingerprint density at radius 2 is 2.13 bits per heavy atom. The van der Waals surface area contributed by atoms with Gasteiger partial charge >= 0.3 is 0 Å². The van der Waals surface area contributed by atoms with Crippen LogP contribution in [-0.2, 0) is 7.05 Å². The molecule has 1 aromatic carbocycles. The van der Waals surface area contributed by atoms with Crippen molar-refractivity contribution in [2.75, 3.05) is 6.61 Å². The van der Waals surface area contributed by atoms with Crippen LogP contribution in [0.15, 0.2) is 24.4 Å². The van der Waals surface area contributed by atoms with Crippen molar-refractivity contribution >= 4 is 10.9 Å². The molecule has 0 saturated heterocycles. The fourth-order valence-corrected chi connectivity index (χ4v) is 1.81. The van der Waals surface area contributed by atoms with Gasteiger partial charge in [-0.05, 0) is 17.7 Å². The van der Waals surface area contributed by atoms with Crippen molar-refractivity contribution in [3.8, 4) is 0 Å². The number of aryl methyl sites for hydroxylation is 1. The van der Waals surface area contributed by atoms with E-state index in [1.54, 1.807) is 12.1 Å². The fraction of sp³-hybridized carbons (Fsp3) is 0.333. The molecule has 80 valence electrons. The van der Waals surface area contributed by atoms with Crippen LogP contribution in [0.2, 0.25) is 0 Å². The van der Waals surface area contributed by atoms with E-state index in [9.17, 15) is 4.39 Å². The van der Waals surface area contributed by atoms with Gasteiger partial charge in [0.15, 0.2) is 0 Å². The number of aliphatic hydroxyl groups is 1. The molecule has 1 aromatic heterocycles. The highest BCUT2D eigenvalue weighted by molar-refractivity contribution is 5.81. The smallest absolute Gasteiger partial charge is 0.136 e. The van der Waals surface area contributed by atoms with E-state index in [2.05, 4.69) is 0 Å². The molecule has 1 N–H and O–H groups in total. The molecule has 0 aliphatic carbocycles. The Hall–Kier alpha value is -1.35. The third-order valence-electron chi connectivity index (χ3n) is 2.84. The molecule has 3 heteroatoms. The zero-order valence-electron chi connectivity index (χ0n) is 8.87. The second-order valence-electron chi connectivity index (χ2n) is 3.91. The van der Waals surface area contributed by atoms with Crippen LogP contribution in [0.5, 0.6) is 0 Å². The van der Waals surface area contributed by atoms with Crippen molar-refractivity contribution < 1.29 is 9.50 Å². The van der Waals surface area contributed by atoms with Crippen molar-refractivity contribution in [1.29, 1.82) is 0 Å². The maximum absolute atomic E-state index is 14.0. The summed E-state index contributed by atoms with van der Waals surface area (Å²) in [7, 11) is 1.89. The minimum Gasteiger partial charge on any atom is -0.396 e. The van der Waals surface area contributed by atoms with E-state index in [1.807, 2.05) is 30.8 Å². The predicted molar refractivity (Wildman–Crippen MR) is 58.4 cm³/mol. The number of rotatable bonds is 2. The normalized spacial score (nSPS) is 13.3. The van der Waals surface area contributed by atoms with Crippen LogP contribution in [0.25, 0.3) is 10.9 Å². The van der Waals surface area contributed by atoms with Gasteiger partial charge in [-0.1, -0.05) is 13.0 Å². The van der Waals surface area contributed by atoms with Gasteiger partial charge in [0.25, 0.3) is 0 Å². The molecule has 1 atom stereocenters. The topological polar surface area (TPSA) is 25.2 Å². The molecule has 2 aromatic rings. The summed E-state index contributed by atoms with van der Waals surface area (Å²) in [6.07, 6.45) is 1.83. The van der Waals surface area contributed by atoms with Crippen LogP contribution in [0.4, 0.5) is 4.39 Å². The average molecular weight is 207 g/mol. The largest absolute Gasteiger partial charge is 0.396 e. The summed E-state index contributed by atoms with van der Waals surface area (Å²) < 4.78 is 15.9. The maximum Gasteiger partial charge on any atom is 0.136 e. The van der Waals surface area contributed by atoms with Crippen molar-refractivity contribution in [3.05, 3.63) is 35.8 Å². The van der Waals surface area contributed by atoms with Crippen LogP contribution < -0.4 is 0 Å². The highest BCUT2D eigenvalue weighted by atomic mass is 19.1. The first kappa shape index (κ1) is 10.2. The summed E-state index contributed by atoms with van der Waals surface area (Å²) in [6, 6.07) is 5.40. The van der Waals surface area contributed by atoms with E-state index in [1.165, 1.54) is 0 Å². The molecule has 0 aliphatic rings. The molecule has 0 aliphatic heterocycles. The molecule has 0 radical (unpaired) electrons. The second kappa shape index (κ2) is 3.66. The molecule has 2 nitrogen and oxygen atoms in total. The predicted octanol–water partition coefficient (Wildman–Crippen LogP) is 2.41. The lowest BCUT2D eigenvalue weighted by Gasteiger charge is -2.10. The van der Waals surface area contributed by atoms with Gasteiger partial charge in [-0.3, -0.25) is 0 Å². The number of hydrogen-bond acceptors (Lipinski definition) is 1. The Labute approximate surface area is 88.0 Å². The average Bonchev–Trinajstić information content (AvgIpc) is 2.61. The number of halogens is 1. The highest BCUT2D eigenvalue weighted by Gasteiger charge is 2.13. The lowest BCUT2D eigenvalue weighted by atomic mass is 10.00. The standard InChI is InChI=1S/C12H14FNO/c1-8(7-15)9-3-4-11-10(12(9)13)5-6-14(11)2/h3-6,8,15H,7H2,1-2H3. The number of nitrogens with zero attached hydrogens (tertiary/aromatic N) is 1. The van der Waals surface area contributed by atoms with Gasteiger partial charge < -0.3 is 9.67 Å². The molecular weight excluding hydrogens is 193 g/mol. The molecule has 0 bridgehead atoms. The Morgan fingerprint density at radius 3 is 2.80 bits per heavy atom. The van der Waals surface area contributed by atoms with Crippen molar-refractivity contribution in [3.63, 3.8) is 0 Å². The quantitative estimate of drug-likeness (QED) is 0.803. The van der Waals surface area contributed by atoms with Gasteiger partial charge in [-0.2, -0.15) is 0 Å². The zero-order valence-corrected chi connectivity index (χ0v) is 8.87. The second-order valence-corrected chi connectivity index (χ2v) is 3.91. The van der Waals surface area contributed by atoms with Crippen molar-refractivity contribution in [2.45, 2.75) is 12.8 Å². The Balaban J connectivity index is 2.65. The monoisotopic (exact) mass is 207 g/mol. The van der Waals surface area contributed by atoms with E-state index in [-0.39, 0.29) is 18.3 Å². The van der Waals surface area contributed by atoms with Gasteiger partial charge in [0.1, 0.15) is 5.82 Å². The van der Waals surface area contributed by atoms with Gasteiger partial charge in [0.2, 0.25) is 0 Å². The van der Waals surface area contributed by atoms with Gasteiger partial charge in [-0.15, -0.1) is 0 Å². The van der Waals surface area contributed by atoms with E-state index >= 15 is 0 Å². The summed E-state index contributed by atoms with van der Waals surface area (Å²) in [4.78, 5) is 0. The summed E-state index contributed by atoms with van der Waals surface area (Å²) in [5.74, 6) is -0.371. The van der Waals surface area contributed by atoms with E-state index in [4.69, 9.17) is 5.11 Å². The highest BCUT2D eigenvalue weighted by Crippen LogP contribution is 2.26. The molecule has 0 amide bonds. The molecular formula is C12H14FNO. The van der Waals surface area contributed by atoms with Gasteiger partial charge in [0, 0.05) is 31.2 Å². The van der Waals surface area contributed by atoms with Crippen LogP contribution in [0, 0.1) is 5.82 Å². The first-order valence-electron chi connectivity index (χ1n) is 4.99. The molecule has 0 spiro atoms. The molecule has 2 rings (SSSR count). The Kier molecular flexibility index (Phi) is 2.49. The summed E-state index contributed by atoms with van der Waals surface area (Å²) in [5.41, 5.74) is 1.46. The van der Waals surface area contributed by atoms with Crippen molar-refractivity contribution in [2.24, 2.45) is 7.05 Å². The SMILES string of the molecule is CC(CO)c1ccc2c(ccn2C)c1F. The third kappa shape index (κ3) is 1.53. The number of benzene rings is 1. The molecule has 1 heterocycles. The first-order valence-corrected chi connectivity index (χ1v) is 4.99. The van der Waals surface area contributed by atoms with Crippen LogP contribution in [0.3, 0.4) is 0 Å². The lowest BCUT2D eigenvalue weighted by Crippen LogP contribution is -2.02. The summed E-state index contributed by atoms with van der Waals surface area (Å²) in [6.45, 7) is 1.78. The minimum atomic E-state index is -0.213. The number of aliphatic hydroxyl groups excluding tert-OH is 1. The molecule has 0 saturated carbocycles. The number of fused-ring (bicyclic) bond motifs is 1. The molecule has 1 unspecified atom stereocenters. The Bertz CT molecular complexity index is 490. The van der Waals surface area contributed by atoms with E-state index in [0.29, 0.717) is 10.9 Å². The van der Waals surface area contributed by atoms with Gasteiger partial charge in [-0.25, -0.2) is 4.39 Å². The van der Waals surface area contributed by atoms with Crippen LogP contribution in [0.1, 0.15) is 18.4 Å². The van der Waals surface area contributed by atoms with E-state index < -0.39 is 0 Å². The Morgan fingerprint density at radius 1 is 1.40 bits per heavy atom. The molecule has 15 heavy (non-hydrogen) atoms. The summed E-state index contributed by atoms with van der Waals surface area (Å²) in [5, 5.41) is 9.64. The maximum atomic E-state index is 14.0. The van der Waals surface area contributed by atoms with Crippen molar-refractivity contribution in [1.82, 2.24) is 4.57 Å². The molecule has 0 fully saturated rings. The number of hydrogen-bond donors (Lipinski definition) is 1. The first-order chi connectivity index (χ1) is 7.15. The van der Waals surface area contributed by atoms with Crippen LogP contribution in [-0.4, -0.2) is 16.3 Å². The van der Waals surface area contributed by atoms with E-state index in [0.717, 1.165) is 5.52 Å².